The molecule has 0 fully saturated rings. The summed E-state index contributed by atoms with van der Waals surface area (Å²) in [6, 6.07) is 6.31. The summed E-state index contributed by atoms with van der Waals surface area (Å²) >= 11 is 0. The second kappa shape index (κ2) is 6.02. The molecule has 0 aromatic heterocycles. The maximum Gasteiger partial charge on any atom is 0.407 e. The summed E-state index contributed by atoms with van der Waals surface area (Å²) in [5.74, 6) is 0. The van der Waals surface area contributed by atoms with Gasteiger partial charge in [-0.2, -0.15) is 13.2 Å². The average Bonchev–Trinajstić information content (AvgIpc) is 2.23. The summed E-state index contributed by atoms with van der Waals surface area (Å²) in [6.07, 6.45) is -4.27. The van der Waals surface area contributed by atoms with Crippen LogP contribution in [-0.4, -0.2) is 38.3 Å². The lowest BCUT2D eigenvalue weighted by molar-refractivity contribution is -0.157. The molecular formula is C12H17F3N2. The highest BCUT2D eigenvalue weighted by Gasteiger charge is 2.40. The van der Waals surface area contributed by atoms with Crippen LogP contribution in [0, 0.1) is 0 Å². The van der Waals surface area contributed by atoms with E-state index in [1.807, 2.05) is 19.0 Å². The van der Waals surface area contributed by atoms with Crippen molar-refractivity contribution in [1.29, 1.82) is 0 Å². The van der Waals surface area contributed by atoms with Gasteiger partial charge in [0.05, 0.1) is 0 Å². The van der Waals surface area contributed by atoms with E-state index in [2.05, 4.69) is 5.32 Å². The minimum atomic E-state index is -4.27. The van der Waals surface area contributed by atoms with Crippen molar-refractivity contribution in [2.24, 2.45) is 0 Å². The Morgan fingerprint density at radius 3 is 2.24 bits per heavy atom. The molecule has 2 nitrogen and oxygen atoms in total. The molecule has 0 aliphatic rings. The van der Waals surface area contributed by atoms with Crippen LogP contribution in [0.15, 0.2) is 30.3 Å². The number of nitrogens with zero attached hydrogens (tertiary/aromatic N) is 1. The van der Waals surface area contributed by atoms with Crippen LogP contribution in [0.3, 0.4) is 0 Å². The van der Waals surface area contributed by atoms with E-state index in [0.29, 0.717) is 13.1 Å². The molecular weight excluding hydrogens is 229 g/mol. The van der Waals surface area contributed by atoms with Crippen LogP contribution in [0.2, 0.25) is 0 Å². The third-order valence-corrected chi connectivity index (χ3v) is 2.37. The molecule has 17 heavy (non-hydrogen) atoms. The van der Waals surface area contributed by atoms with Gasteiger partial charge in [0, 0.05) is 13.1 Å². The van der Waals surface area contributed by atoms with Crippen LogP contribution < -0.4 is 5.32 Å². The Hall–Kier alpha value is -1.07. The van der Waals surface area contributed by atoms with E-state index in [4.69, 9.17) is 0 Å². The molecule has 0 heterocycles. The molecule has 96 valence electrons. The number of likely N-dealkylation sites (N-methyl/N-ethyl adjacent to an activating group) is 1. The van der Waals surface area contributed by atoms with Crippen molar-refractivity contribution < 1.29 is 13.2 Å². The molecule has 0 aliphatic heterocycles. The van der Waals surface area contributed by atoms with Gasteiger partial charge in [-0.05, 0) is 19.7 Å². The van der Waals surface area contributed by atoms with Gasteiger partial charge in [0.2, 0.25) is 0 Å². The lowest BCUT2D eigenvalue weighted by Gasteiger charge is -2.23. The van der Waals surface area contributed by atoms with Crippen LogP contribution in [0.25, 0.3) is 0 Å². The quantitative estimate of drug-likeness (QED) is 0.858. The second-order valence-electron chi connectivity index (χ2n) is 4.14. The van der Waals surface area contributed by atoms with E-state index < -0.39 is 12.2 Å². The number of alkyl halides is 3. The van der Waals surface area contributed by atoms with Crippen molar-refractivity contribution in [3.8, 4) is 0 Å². The van der Waals surface area contributed by atoms with E-state index in [-0.39, 0.29) is 5.56 Å². The number of benzene rings is 1. The molecule has 1 atom stereocenters. The number of halogens is 3. The Balaban J connectivity index is 2.69. The lowest BCUT2D eigenvalue weighted by atomic mass is 10.1. The monoisotopic (exact) mass is 246 g/mol. The van der Waals surface area contributed by atoms with Gasteiger partial charge >= 0.3 is 6.18 Å². The lowest BCUT2D eigenvalue weighted by Crippen LogP contribution is -2.37. The molecule has 1 rings (SSSR count). The first kappa shape index (κ1) is 14.0. The zero-order chi connectivity index (χ0) is 12.9. The second-order valence-corrected chi connectivity index (χ2v) is 4.14. The van der Waals surface area contributed by atoms with Crippen LogP contribution in [0.4, 0.5) is 13.2 Å². The molecule has 0 radical (unpaired) electrons. The fourth-order valence-electron chi connectivity index (χ4n) is 1.50. The Bertz CT molecular complexity index is 322. The molecule has 5 heteroatoms. The topological polar surface area (TPSA) is 15.3 Å². The van der Waals surface area contributed by atoms with E-state index >= 15 is 0 Å². The molecule has 0 aliphatic carbocycles. The summed E-state index contributed by atoms with van der Waals surface area (Å²) in [5, 5.41) is 2.54. The molecule has 1 aromatic rings. The van der Waals surface area contributed by atoms with Gasteiger partial charge in [0.25, 0.3) is 0 Å². The first-order valence-corrected chi connectivity index (χ1v) is 5.41. The van der Waals surface area contributed by atoms with Crippen LogP contribution in [-0.2, 0) is 0 Å². The maximum absolute atomic E-state index is 12.9. The summed E-state index contributed by atoms with van der Waals surface area (Å²) < 4.78 is 38.6. The van der Waals surface area contributed by atoms with Gasteiger partial charge in [-0.3, -0.25) is 0 Å². The van der Waals surface area contributed by atoms with E-state index in [1.165, 1.54) is 12.1 Å². The van der Waals surface area contributed by atoms with Crippen molar-refractivity contribution in [3.05, 3.63) is 35.9 Å². The molecule has 0 spiro atoms. The smallest absolute Gasteiger partial charge is 0.308 e. The molecule has 0 saturated heterocycles. The molecule has 0 bridgehead atoms. The first-order valence-electron chi connectivity index (χ1n) is 5.41. The minimum Gasteiger partial charge on any atom is -0.308 e. The number of hydrogen-bond donors (Lipinski definition) is 1. The first-order chi connectivity index (χ1) is 7.91. The highest BCUT2D eigenvalue weighted by Crippen LogP contribution is 2.32. The number of hydrogen-bond acceptors (Lipinski definition) is 2. The third-order valence-electron chi connectivity index (χ3n) is 2.37. The predicted molar refractivity (Wildman–Crippen MR) is 61.8 cm³/mol. The van der Waals surface area contributed by atoms with Crippen LogP contribution in [0.1, 0.15) is 11.6 Å². The fraction of sp³-hybridized carbons (Fsp3) is 0.500. The zero-order valence-corrected chi connectivity index (χ0v) is 9.96. The van der Waals surface area contributed by atoms with Gasteiger partial charge < -0.3 is 10.2 Å². The van der Waals surface area contributed by atoms with Gasteiger partial charge in [-0.25, -0.2) is 0 Å². The van der Waals surface area contributed by atoms with Crippen molar-refractivity contribution in [3.63, 3.8) is 0 Å². The zero-order valence-electron chi connectivity index (χ0n) is 9.96. The molecule has 1 N–H and O–H groups in total. The van der Waals surface area contributed by atoms with Gasteiger partial charge in [-0.1, -0.05) is 30.3 Å². The summed E-state index contributed by atoms with van der Waals surface area (Å²) in [6.45, 7) is 0.867. The molecule has 1 unspecified atom stereocenters. The molecule has 0 amide bonds. The maximum atomic E-state index is 12.9. The minimum absolute atomic E-state index is 0.249. The van der Waals surface area contributed by atoms with Crippen LogP contribution >= 0.6 is 0 Å². The Labute approximate surface area is 99.4 Å². The fourth-order valence-corrected chi connectivity index (χ4v) is 1.50. The highest BCUT2D eigenvalue weighted by atomic mass is 19.4. The predicted octanol–water partition coefficient (Wildman–Crippen LogP) is 2.44. The summed E-state index contributed by atoms with van der Waals surface area (Å²) in [7, 11) is 3.65. The van der Waals surface area contributed by atoms with Crippen molar-refractivity contribution in [2.45, 2.75) is 12.2 Å². The van der Waals surface area contributed by atoms with Crippen LogP contribution in [0.5, 0.6) is 0 Å². The normalized spacial score (nSPS) is 14.0. The Morgan fingerprint density at radius 1 is 1.18 bits per heavy atom. The van der Waals surface area contributed by atoms with E-state index in [0.717, 1.165) is 0 Å². The summed E-state index contributed by atoms with van der Waals surface area (Å²) in [4.78, 5) is 1.84. The van der Waals surface area contributed by atoms with Crippen molar-refractivity contribution >= 4 is 0 Å². The van der Waals surface area contributed by atoms with Crippen molar-refractivity contribution in [1.82, 2.24) is 10.2 Å². The standard InChI is InChI=1S/C12H17F3N2/c1-17(2)9-8-16-11(12(13,14)15)10-6-4-3-5-7-10/h3-7,11,16H,8-9H2,1-2H3. The van der Waals surface area contributed by atoms with E-state index in [1.54, 1.807) is 18.2 Å². The van der Waals surface area contributed by atoms with Gasteiger partial charge in [0.15, 0.2) is 0 Å². The SMILES string of the molecule is CN(C)CCNC(c1ccccc1)C(F)(F)F. The largest absolute Gasteiger partial charge is 0.407 e. The average molecular weight is 246 g/mol. The van der Waals surface area contributed by atoms with Gasteiger partial charge in [0.1, 0.15) is 6.04 Å². The number of nitrogens with one attached hydrogen (secondary N) is 1. The Morgan fingerprint density at radius 2 is 1.76 bits per heavy atom. The third kappa shape index (κ3) is 4.75. The van der Waals surface area contributed by atoms with E-state index in [9.17, 15) is 13.2 Å². The number of rotatable bonds is 5. The highest BCUT2D eigenvalue weighted by molar-refractivity contribution is 5.20. The van der Waals surface area contributed by atoms with Gasteiger partial charge in [-0.15, -0.1) is 0 Å². The Kier molecular flexibility index (Phi) is 4.96. The van der Waals surface area contributed by atoms with Crippen molar-refractivity contribution in [2.75, 3.05) is 27.2 Å². The molecule has 0 saturated carbocycles. The molecule has 1 aromatic carbocycles. The summed E-state index contributed by atoms with van der Waals surface area (Å²) in [5.41, 5.74) is 0.249.